The Kier molecular flexibility index (Phi) is 5.26. The highest BCUT2D eigenvalue weighted by Crippen LogP contribution is 2.45. The Morgan fingerprint density at radius 2 is 1.18 bits per heavy atom. The smallest absolute Gasteiger partial charge is 0.0640 e. The Bertz CT molecular complexity index is 2170. The summed E-state index contributed by atoms with van der Waals surface area (Å²) >= 11 is 1.87. The number of rotatable bonds is 4. The van der Waals surface area contributed by atoms with Gasteiger partial charge in [-0.1, -0.05) is 84.9 Å². The number of thiophene rings is 1. The molecule has 6 aromatic carbocycles. The van der Waals surface area contributed by atoms with Gasteiger partial charge in [0.2, 0.25) is 0 Å². The summed E-state index contributed by atoms with van der Waals surface area (Å²) in [6, 6.07) is 50.5. The van der Waals surface area contributed by atoms with E-state index in [1.165, 1.54) is 58.8 Å². The van der Waals surface area contributed by atoms with Crippen LogP contribution in [0.3, 0.4) is 0 Å². The molecule has 0 aliphatic heterocycles. The lowest BCUT2D eigenvalue weighted by Gasteiger charge is -2.26. The molecule has 0 radical (unpaired) electrons. The molecule has 0 atom stereocenters. The fourth-order valence-electron chi connectivity index (χ4n) is 6.07. The Balaban J connectivity index is 1.39. The number of anilines is 3. The van der Waals surface area contributed by atoms with Gasteiger partial charge in [0.25, 0.3) is 0 Å². The maximum Gasteiger partial charge on any atom is 0.0640 e. The van der Waals surface area contributed by atoms with Crippen LogP contribution in [0.15, 0.2) is 140 Å². The van der Waals surface area contributed by atoms with E-state index in [9.17, 15) is 0 Å². The fraction of sp³-hybridized carbons (Fsp3) is 0.0270. The normalized spacial score (nSPS) is 11.6. The third-order valence-electron chi connectivity index (χ3n) is 7.99. The van der Waals surface area contributed by atoms with Crippen molar-refractivity contribution in [3.63, 3.8) is 0 Å². The number of para-hydroxylation sites is 1. The van der Waals surface area contributed by atoms with Gasteiger partial charge < -0.3 is 9.47 Å². The van der Waals surface area contributed by atoms with Crippen LogP contribution in [0.4, 0.5) is 17.1 Å². The molecule has 0 aliphatic rings. The lowest BCUT2D eigenvalue weighted by molar-refractivity contribution is 1.01. The molecule has 0 aliphatic carbocycles. The highest BCUT2D eigenvalue weighted by atomic mass is 32.1. The number of benzene rings is 6. The molecule has 8 aromatic rings. The van der Waals surface area contributed by atoms with Gasteiger partial charge in [0.05, 0.1) is 10.4 Å². The SMILES string of the molecule is Cn1c2ccc(-c3ccccc3)cc2c2cc(N(c3ccccc3)c3cccc4c3sc3ccccc34)ccc21. The van der Waals surface area contributed by atoms with Crippen LogP contribution in [0, 0.1) is 0 Å². The number of nitrogens with zero attached hydrogens (tertiary/aromatic N) is 2. The summed E-state index contributed by atoms with van der Waals surface area (Å²) in [5.74, 6) is 0. The summed E-state index contributed by atoms with van der Waals surface area (Å²) < 4.78 is 4.93. The highest BCUT2D eigenvalue weighted by Gasteiger charge is 2.19. The maximum atomic E-state index is 2.41. The van der Waals surface area contributed by atoms with E-state index in [1.54, 1.807) is 0 Å². The second kappa shape index (κ2) is 9.11. The largest absolute Gasteiger partial charge is 0.344 e. The zero-order chi connectivity index (χ0) is 26.6. The van der Waals surface area contributed by atoms with Gasteiger partial charge in [-0.2, -0.15) is 0 Å². The van der Waals surface area contributed by atoms with E-state index in [2.05, 4.69) is 156 Å². The first-order valence-corrected chi connectivity index (χ1v) is 14.4. The van der Waals surface area contributed by atoms with Crippen LogP contribution < -0.4 is 4.90 Å². The van der Waals surface area contributed by atoms with Crippen LogP contribution >= 0.6 is 11.3 Å². The van der Waals surface area contributed by atoms with Crippen molar-refractivity contribution in [2.45, 2.75) is 0 Å². The van der Waals surface area contributed by atoms with Crippen molar-refractivity contribution in [3.05, 3.63) is 140 Å². The second-order valence-electron chi connectivity index (χ2n) is 10.3. The summed E-state index contributed by atoms with van der Waals surface area (Å²) in [6.07, 6.45) is 0. The van der Waals surface area contributed by atoms with E-state index in [1.807, 2.05) is 11.3 Å². The first kappa shape index (κ1) is 23.1. The minimum Gasteiger partial charge on any atom is -0.344 e. The molecule has 2 nitrogen and oxygen atoms in total. The fourth-order valence-corrected chi connectivity index (χ4v) is 7.27. The van der Waals surface area contributed by atoms with Crippen molar-refractivity contribution >= 4 is 70.4 Å². The average molecular weight is 531 g/mol. The Morgan fingerprint density at radius 3 is 2.00 bits per heavy atom. The average Bonchev–Trinajstić information content (AvgIpc) is 3.54. The summed E-state index contributed by atoms with van der Waals surface area (Å²) in [5.41, 5.74) is 8.45. The Morgan fingerprint density at radius 1 is 0.500 bits per heavy atom. The monoisotopic (exact) mass is 530 g/mol. The lowest BCUT2D eigenvalue weighted by Crippen LogP contribution is -2.09. The quantitative estimate of drug-likeness (QED) is 0.220. The third kappa shape index (κ3) is 3.55. The van der Waals surface area contributed by atoms with Gasteiger partial charge in [-0.25, -0.2) is 0 Å². The molecule has 0 N–H and O–H groups in total. The van der Waals surface area contributed by atoms with E-state index in [0.717, 1.165) is 11.4 Å². The summed E-state index contributed by atoms with van der Waals surface area (Å²) in [4.78, 5) is 2.41. The molecular formula is C37H26N2S. The van der Waals surface area contributed by atoms with Crippen LogP contribution in [0.2, 0.25) is 0 Å². The van der Waals surface area contributed by atoms with Gasteiger partial charge in [0.15, 0.2) is 0 Å². The van der Waals surface area contributed by atoms with Crippen LogP contribution in [-0.4, -0.2) is 4.57 Å². The van der Waals surface area contributed by atoms with Crippen molar-refractivity contribution in [2.75, 3.05) is 4.90 Å². The standard InChI is InChI=1S/C37H26N2S/c1-38-33-21-19-26(25-11-4-2-5-12-25)23-31(33)32-24-28(20-22-34(32)38)39(27-13-6-3-7-14-27)35-17-10-16-30-29-15-8-9-18-36(29)40-37(30)35/h2-24H,1H3. The predicted molar refractivity (Wildman–Crippen MR) is 173 cm³/mol. The van der Waals surface area contributed by atoms with Crippen LogP contribution in [0.25, 0.3) is 53.1 Å². The van der Waals surface area contributed by atoms with Gasteiger partial charge in [0, 0.05) is 55.7 Å². The molecule has 0 bridgehead atoms. The zero-order valence-corrected chi connectivity index (χ0v) is 22.9. The van der Waals surface area contributed by atoms with E-state index in [4.69, 9.17) is 0 Å². The number of aryl methyl sites for hydroxylation is 1. The molecule has 0 spiro atoms. The van der Waals surface area contributed by atoms with Gasteiger partial charge in [-0.15, -0.1) is 11.3 Å². The zero-order valence-electron chi connectivity index (χ0n) is 22.1. The summed E-state index contributed by atoms with van der Waals surface area (Å²) in [6.45, 7) is 0. The third-order valence-corrected chi connectivity index (χ3v) is 9.20. The molecule has 0 unspecified atom stereocenters. The minimum absolute atomic E-state index is 1.15. The molecule has 0 saturated heterocycles. The molecule has 40 heavy (non-hydrogen) atoms. The number of hydrogen-bond acceptors (Lipinski definition) is 2. The topological polar surface area (TPSA) is 8.17 Å². The molecule has 0 amide bonds. The number of hydrogen-bond donors (Lipinski definition) is 0. The number of aromatic nitrogens is 1. The second-order valence-corrected chi connectivity index (χ2v) is 11.3. The molecule has 190 valence electrons. The molecule has 2 heterocycles. The maximum absolute atomic E-state index is 2.41. The highest BCUT2D eigenvalue weighted by molar-refractivity contribution is 7.26. The van der Waals surface area contributed by atoms with Gasteiger partial charge in [-0.3, -0.25) is 0 Å². The Hall–Kier alpha value is -4.86. The van der Waals surface area contributed by atoms with E-state index in [-0.39, 0.29) is 0 Å². The Labute approximate surface area is 237 Å². The molecule has 0 saturated carbocycles. The first-order chi connectivity index (χ1) is 19.8. The first-order valence-electron chi connectivity index (χ1n) is 13.6. The van der Waals surface area contributed by atoms with Gasteiger partial charge in [0.1, 0.15) is 0 Å². The van der Waals surface area contributed by atoms with Crippen molar-refractivity contribution in [3.8, 4) is 11.1 Å². The van der Waals surface area contributed by atoms with Crippen molar-refractivity contribution < 1.29 is 0 Å². The van der Waals surface area contributed by atoms with Gasteiger partial charge in [-0.05, 0) is 65.7 Å². The molecule has 2 aromatic heterocycles. The van der Waals surface area contributed by atoms with E-state index >= 15 is 0 Å². The van der Waals surface area contributed by atoms with Crippen LogP contribution in [-0.2, 0) is 7.05 Å². The van der Waals surface area contributed by atoms with Crippen molar-refractivity contribution in [1.82, 2.24) is 4.57 Å². The lowest BCUT2D eigenvalue weighted by atomic mass is 10.0. The molecule has 0 fully saturated rings. The molecule has 3 heteroatoms. The number of fused-ring (bicyclic) bond motifs is 6. The van der Waals surface area contributed by atoms with Gasteiger partial charge >= 0.3 is 0 Å². The minimum atomic E-state index is 1.15. The van der Waals surface area contributed by atoms with Crippen LogP contribution in [0.1, 0.15) is 0 Å². The molecular weight excluding hydrogens is 504 g/mol. The van der Waals surface area contributed by atoms with E-state index < -0.39 is 0 Å². The molecule has 8 rings (SSSR count). The summed E-state index contributed by atoms with van der Waals surface area (Å²) in [5, 5.41) is 5.15. The van der Waals surface area contributed by atoms with Crippen molar-refractivity contribution in [2.24, 2.45) is 7.05 Å². The predicted octanol–water partition coefficient (Wildman–Crippen LogP) is 10.8. The van der Waals surface area contributed by atoms with E-state index in [0.29, 0.717) is 0 Å². The van der Waals surface area contributed by atoms with Crippen LogP contribution in [0.5, 0.6) is 0 Å². The van der Waals surface area contributed by atoms with Crippen molar-refractivity contribution in [1.29, 1.82) is 0 Å². The summed E-state index contributed by atoms with van der Waals surface area (Å²) in [7, 11) is 2.17.